The monoisotopic (exact) mass is 278 g/mol. The second-order valence-corrected chi connectivity index (χ2v) is 6.94. The molecule has 1 atom stereocenters. The molecule has 0 bridgehead atoms. The summed E-state index contributed by atoms with van der Waals surface area (Å²) in [6, 6.07) is -0.0298. The van der Waals surface area contributed by atoms with Crippen LogP contribution >= 0.6 is 0 Å². The zero-order chi connectivity index (χ0) is 13.6. The minimum Gasteiger partial charge on any atom is -0.396 e. The standard InChI is InChI=1S/C12H26N2O3S/c1-3-4-9-13(2)18(16,17)14-10-6-5-7-12(14)8-11-15/h12,15H,3-11H2,1-2H3. The molecule has 0 aromatic carbocycles. The summed E-state index contributed by atoms with van der Waals surface area (Å²) < 4.78 is 27.9. The molecule has 0 aromatic heterocycles. The number of rotatable bonds is 7. The predicted octanol–water partition coefficient (Wildman–Crippen LogP) is 1.20. The van der Waals surface area contributed by atoms with Crippen molar-refractivity contribution in [3.05, 3.63) is 0 Å². The van der Waals surface area contributed by atoms with E-state index in [9.17, 15) is 8.42 Å². The van der Waals surface area contributed by atoms with Gasteiger partial charge in [-0.05, 0) is 25.7 Å². The quantitative estimate of drug-likeness (QED) is 0.761. The predicted molar refractivity (Wildman–Crippen MR) is 72.5 cm³/mol. The molecular formula is C12H26N2O3S. The van der Waals surface area contributed by atoms with Crippen molar-refractivity contribution >= 4 is 10.2 Å². The fourth-order valence-corrected chi connectivity index (χ4v) is 4.06. The van der Waals surface area contributed by atoms with Crippen molar-refractivity contribution < 1.29 is 13.5 Å². The summed E-state index contributed by atoms with van der Waals surface area (Å²) in [6.07, 6.45) is 5.24. The van der Waals surface area contributed by atoms with Crippen molar-refractivity contribution in [3.63, 3.8) is 0 Å². The molecule has 18 heavy (non-hydrogen) atoms. The molecule has 1 aliphatic rings. The van der Waals surface area contributed by atoms with Crippen LogP contribution < -0.4 is 0 Å². The highest BCUT2D eigenvalue weighted by atomic mass is 32.2. The van der Waals surface area contributed by atoms with Gasteiger partial charge in [-0.15, -0.1) is 0 Å². The molecule has 0 amide bonds. The van der Waals surface area contributed by atoms with Gasteiger partial charge in [0.05, 0.1) is 0 Å². The minimum atomic E-state index is -3.35. The molecule has 0 aliphatic carbocycles. The van der Waals surface area contributed by atoms with Crippen molar-refractivity contribution in [1.29, 1.82) is 0 Å². The number of aliphatic hydroxyl groups excluding tert-OH is 1. The summed E-state index contributed by atoms with van der Waals surface area (Å²) in [6.45, 7) is 3.26. The molecule has 0 spiro atoms. The van der Waals surface area contributed by atoms with E-state index in [4.69, 9.17) is 5.11 Å². The van der Waals surface area contributed by atoms with Crippen LogP contribution in [0.2, 0.25) is 0 Å². The first-order valence-electron chi connectivity index (χ1n) is 6.88. The van der Waals surface area contributed by atoms with Gasteiger partial charge in [0.1, 0.15) is 0 Å². The molecule has 5 nitrogen and oxygen atoms in total. The largest absolute Gasteiger partial charge is 0.396 e. The van der Waals surface area contributed by atoms with Gasteiger partial charge in [-0.1, -0.05) is 19.8 Å². The van der Waals surface area contributed by atoms with Crippen molar-refractivity contribution in [2.75, 3.05) is 26.7 Å². The molecule has 1 rings (SSSR count). The zero-order valence-corrected chi connectivity index (χ0v) is 12.3. The van der Waals surface area contributed by atoms with E-state index < -0.39 is 10.2 Å². The molecule has 6 heteroatoms. The highest BCUT2D eigenvalue weighted by Gasteiger charge is 2.34. The summed E-state index contributed by atoms with van der Waals surface area (Å²) in [5.74, 6) is 0. The normalized spacial score (nSPS) is 22.6. The third kappa shape index (κ3) is 3.91. The number of nitrogens with zero attached hydrogens (tertiary/aromatic N) is 2. The van der Waals surface area contributed by atoms with Crippen LogP contribution in [0.4, 0.5) is 0 Å². The first kappa shape index (κ1) is 15.9. The molecule has 0 radical (unpaired) electrons. The summed E-state index contributed by atoms with van der Waals surface area (Å²) >= 11 is 0. The van der Waals surface area contributed by atoms with E-state index >= 15 is 0 Å². The summed E-state index contributed by atoms with van der Waals surface area (Å²) in [7, 11) is -1.70. The van der Waals surface area contributed by atoms with Gasteiger partial charge in [-0.3, -0.25) is 0 Å². The van der Waals surface area contributed by atoms with Crippen molar-refractivity contribution in [2.24, 2.45) is 0 Å². The average molecular weight is 278 g/mol. The Morgan fingerprint density at radius 1 is 1.39 bits per heavy atom. The number of hydrogen-bond acceptors (Lipinski definition) is 3. The van der Waals surface area contributed by atoms with Gasteiger partial charge in [0.2, 0.25) is 0 Å². The van der Waals surface area contributed by atoms with Crippen LogP contribution in [-0.4, -0.2) is 54.9 Å². The Balaban J connectivity index is 2.73. The fraction of sp³-hybridized carbons (Fsp3) is 1.00. The maximum absolute atomic E-state index is 12.4. The second kappa shape index (κ2) is 7.43. The minimum absolute atomic E-state index is 0.0298. The first-order chi connectivity index (χ1) is 8.54. The third-order valence-corrected chi connectivity index (χ3v) is 5.60. The first-order valence-corrected chi connectivity index (χ1v) is 8.27. The van der Waals surface area contributed by atoms with Gasteiger partial charge in [-0.25, -0.2) is 0 Å². The van der Waals surface area contributed by atoms with Gasteiger partial charge < -0.3 is 5.11 Å². The summed E-state index contributed by atoms with van der Waals surface area (Å²) in [4.78, 5) is 0. The number of piperidine rings is 1. The van der Waals surface area contributed by atoms with Crippen LogP contribution in [0.5, 0.6) is 0 Å². The molecule has 1 heterocycles. The van der Waals surface area contributed by atoms with Gasteiger partial charge in [0.15, 0.2) is 0 Å². The maximum Gasteiger partial charge on any atom is 0.281 e. The van der Waals surface area contributed by atoms with E-state index in [0.717, 1.165) is 32.1 Å². The topological polar surface area (TPSA) is 60.9 Å². The Morgan fingerprint density at radius 2 is 2.11 bits per heavy atom. The lowest BCUT2D eigenvalue weighted by atomic mass is 10.0. The maximum atomic E-state index is 12.4. The summed E-state index contributed by atoms with van der Waals surface area (Å²) in [5.41, 5.74) is 0. The molecule has 0 aromatic rings. The van der Waals surface area contributed by atoms with Gasteiger partial charge in [-0.2, -0.15) is 17.0 Å². The Bertz CT molecular complexity index is 330. The Hall–Kier alpha value is -0.170. The van der Waals surface area contributed by atoms with E-state index in [1.54, 1.807) is 11.4 Å². The molecule has 1 saturated heterocycles. The van der Waals surface area contributed by atoms with E-state index in [1.165, 1.54) is 4.31 Å². The van der Waals surface area contributed by atoms with E-state index in [0.29, 0.717) is 19.5 Å². The molecule has 1 N–H and O–H groups in total. The average Bonchev–Trinajstić information content (AvgIpc) is 2.36. The van der Waals surface area contributed by atoms with Gasteiger partial charge in [0, 0.05) is 32.8 Å². The SMILES string of the molecule is CCCCN(C)S(=O)(=O)N1CCCCC1CCO. The second-order valence-electron chi connectivity index (χ2n) is 4.96. The Labute approximate surface area is 111 Å². The highest BCUT2D eigenvalue weighted by molar-refractivity contribution is 7.86. The van der Waals surface area contributed by atoms with E-state index in [2.05, 4.69) is 6.92 Å². The molecular weight excluding hydrogens is 252 g/mol. The smallest absolute Gasteiger partial charge is 0.281 e. The molecule has 1 unspecified atom stereocenters. The zero-order valence-electron chi connectivity index (χ0n) is 11.5. The number of aliphatic hydroxyl groups is 1. The Morgan fingerprint density at radius 3 is 2.72 bits per heavy atom. The van der Waals surface area contributed by atoms with Gasteiger partial charge >= 0.3 is 0 Å². The van der Waals surface area contributed by atoms with E-state index in [-0.39, 0.29) is 12.6 Å². The van der Waals surface area contributed by atoms with Crippen LogP contribution in [0.15, 0.2) is 0 Å². The fourth-order valence-electron chi connectivity index (χ4n) is 2.39. The van der Waals surface area contributed by atoms with Gasteiger partial charge in [0.25, 0.3) is 10.2 Å². The van der Waals surface area contributed by atoms with Crippen LogP contribution in [0.3, 0.4) is 0 Å². The lowest BCUT2D eigenvalue weighted by molar-refractivity contribution is 0.185. The highest BCUT2D eigenvalue weighted by Crippen LogP contribution is 2.24. The van der Waals surface area contributed by atoms with Crippen LogP contribution in [0.25, 0.3) is 0 Å². The van der Waals surface area contributed by atoms with E-state index in [1.807, 2.05) is 0 Å². The Kier molecular flexibility index (Phi) is 6.55. The van der Waals surface area contributed by atoms with Crippen molar-refractivity contribution in [3.8, 4) is 0 Å². The van der Waals surface area contributed by atoms with Crippen LogP contribution in [-0.2, 0) is 10.2 Å². The number of unbranched alkanes of at least 4 members (excludes halogenated alkanes) is 1. The van der Waals surface area contributed by atoms with Crippen molar-refractivity contribution in [1.82, 2.24) is 8.61 Å². The van der Waals surface area contributed by atoms with Crippen LogP contribution in [0, 0.1) is 0 Å². The summed E-state index contributed by atoms with van der Waals surface area (Å²) in [5, 5.41) is 9.05. The lowest BCUT2D eigenvalue weighted by Gasteiger charge is -2.36. The van der Waals surface area contributed by atoms with Crippen LogP contribution in [0.1, 0.15) is 45.4 Å². The number of hydrogen-bond donors (Lipinski definition) is 1. The lowest BCUT2D eigenvalue weighted by Crippen LogP contribution is -2.50. The molecule has 1 aliphatic heterocycles. The third-order valence-electron chi connectivity index (χ3n) is 3.55. The molecule has 108 valence electrons. The van der Waals surface area contributed by atoms with Crippen molar-refractivity contribution in [2.45, 2.75) is 51.5 Å². The molecule has 0 saturated carbocycles. The molecule has 1 fully saturated rings.